The molecule has 0 bridgehead atoms. The number of ether oxygens (including phenoxy) is 1. The number of aryl methyl sites for hydroxylation is 2. The minimum atomic E-state index is -0.246. The first-order valence-electron chi connectivity index (χ1n) is 9.18. The average molecular weight is 375 g/mol. The summed E-state index contributed by atoms with van der Waals surface area (Å²) in [4.78, 5) is 27.8. The Hall–Kier alpha value is -3.48. The molecule has 0 fully saturated rings. The van der Waals surface area contributed by atoms with Gasteiger partial charge in [0.2, 0.25) is 0 Å². The van der Waals surface area contributed by atoms with Crippen molar-refractivity contribution in [2.24, 2.45) is 0 Å². The number of carbonyl (C=O) groups excluding carboxylic acids is 1. The summed E-state index contributed by atoms with van der Waals surface area (Å²) in [6.07, 6.45) is 4.18. The van der Waals surface area contributed by atoms with Crippen LogP contribution in [0.5, 0.6) is 5.75 Å². The molecule has 0 spiro atoms. The molecule has 3 aromatic heterocycles. The van der Waals surface area contributed by atoms with E-state index < -0.39 is 0 Å². The molecule has 2 amide bonds. The Morgan fingerprint density at radius 2 is 2.00 bits per heavy atom. The average Bonchev–Trinajstić information content (AvgIpc) is 2.90. The summed E-state index contributed by atoms with van der Waals surface area (Å²) >= 11 is 0. The van der Waals surface area contributed by atoms with Crippen LogP contribution in [0.2, 0.25) is 0 Å². The largest absolute Gasteiger partial charge is 0.490 e. The maximum atomic E-state index is 13.0. The molecule has 4 heterocycles. The maximum Gasteiger partial charge on any atom is 0.327 e. The molecule has 3 aromatic rings. The molecule has 0 atom stereocenters. The summed E-state index contributed by atoms with van der Waals surface area (Å²) in [5.74, 6) is 1.11. The van der Waals surface area contributed by atoms with Gasteiger partial charge in [0, 0.05) is 41.6 Å². The molecule has 7 nitrogen and oxygen atoms in total. The Morgan fingerprint density at radius 1 is 1.11 bits per heavy atom. The Labute approximate surface area is 163 Å². The number of aromatic nitrogens is 3. The highest BCUT2D eigenvalue weighted by Crippen LogP contribution is 2.32. The van der Waals surface area contributed by atoms with Crippen LogP contribution in [0.4, 0.5) is 16.3 Å². The molecule has 0 aliphatic carbocycles. The van der Waals surface area contributed by atoms with Gasteiger partial charge in [-0.1, -0.05) is 0 Å². The van der Waals surface area contributed by atoms with Crippen molar-refractivity contribution >= 4 is 17.5 Å². The van der Waals surface area contributed by atoms with Gasteiger partial charge in [-0.3, -0.25) is 14.9 Å². The predicted molar refractivity (Wildman–Crippen MR) is 108 cm³/mol. The molecule has 1 aliphatic rings. The third-order valence-electron chi connectivity index (χ3n) is 4.48. The highest BCUT2D eigenvalue weighted by atomic mass is 16.5. The van der Waals surface area contributed by atoms with Gasteiger partial charge in [-0.25, -0.2) is 9.78 Å². The van der Waals surface area contributed by atoms with Crippen molar-refractivity contribution in [3.05, 3.63) is 60.2 Å². The maximum absolute atomic E-state index is 13.0. The monoisotopic (exact) mass is 375 g/mol. The first-order chi connectivity index (χ1) is 13.6. The minimum absolute atomic E-state index is 0.246. The SMILES string of the molecule is Cc1ccc(-c2ccc3c(n2)N(C(=O)Nc2ccnc(C)c2)CCCO3)cn1. The third-order valence-corrected chi connectivity index (χ3v) is 4.48. The molecule has 0 saturated heterocycles. The van der Waals surface area contributed by atoms with E-state index in [0.717, 1.165) is 29.1 Å². The van der Waals surface area contributed by atoms with Gasteiger partial charge in [-0.05, 0) is 56.7 Å². The van der Waals surface area contributed by atoms with Crippen molar-refractivity contribution in [2.45, 2.75) is 20.3 Å². The fraction of sp³-hybridized carbons (Fsp3) is 0.238. The second-order valence-corrected chi connectivity index (χ2v) is 6.68. The van der Waals surface area contributed by atoms with Crippen LogP contribution in [0.25, 0.3) is 11.3 Å². The summed E-state index contributed by atoms with van der Waals surface area (Å²) in [7, 11) is 0. The number of hydrogen-bond donors (Lipinski definition) is 1. The van der Waals surface area contributed by atoms with Crippen molar-refractivity contribution in [1.29, 1.82) is 0 Å². The topological polar surface area (TPSA) is 80.2 Å². The number of fused-ring (bicyclic) bond motifs is 1. The smallest absolute Gasteiger partial charge is 0.327 e. The molecule has 28 heavy (non-hydrogen) atoms. The lowest BCUT2D eigenvalue weighted by Gasteiger charge is -2.21. The van der Waals surface area contributed by atoms with Crippen molar-refractivity contribution in [3.8, 4) is 17.0 Å². The van der Waals surface area contributed by atoms with E-state index in [9.17, 15) is 4.79 Å². The predicted octanol–water partition coefficient (Wildman–Crippen LogP) is 3.98. The molecular weight excluding hydrogens is 354 g/mol. The summed E-state index contributed by atoms with van der Waals surface area (Å²) in [5.41, 5.74) is 4.11. The Balaban J connectivity index is 1.67. The van der Waals surface area contributed by atoms with Crippen molar-refractivity contribution in [2.75, 3.05) is 23.4 Å². The van der Waals surface area contributed by atoms with Crippen LogP contribution in [-0.4, -0.2) is 34.1 Å². The Bertz CT molecular complexity index is 1000. The van der Waals surface area contributed by atoms with Crippen LogP contribution < -0.4 is 15.0 Å². The van der Waals surface area contributed by atoms with Crippen LogP contribution >= 0.6 is 0 Å². The van der Waals surface area contributed by atoms with Gasteiger partial charge in [0.1, 0.15) is 0 Å². The summed E-state index contributed by atoms with van der Waals surface area (Å²) in [6.45, 7) is 4.88. The quantitative estimate of drug-likeness (QED) is 0.733. The van der Waals surface area contributed by atoms with Gasteiger partial charge in [0.15, 0.2) is 11.6 Å². The first kappa shape index (κ1) is 17.9. The number of anilines is 2. The van der Waals surface area contributed by atoms with Crippen molar-refractivity contribution in [1.82, 2.24) is 15.0 Å². The van der Waals surface area contributed by atoms with Crippen molar-refractivity contribution in [3.63, 3.8) is 0 Å². The molecule has 4 rings (SSSR count). The molecule has 0 aromatic carbocycles. The van der Waals surface area contributed by atoms with E-state index in [0.29, 0.717) is 30.4 Å². The molecule has 142 valence electrons. The zero-order chi connectivity index (χ0) is 19.5. The normalized spacial score (nSPS) is 13.3. The lowest BCUT2D eigenvalue weighted by molar-refractivity contribution is 0.256. The number of nitrogens with one attached hydrogen (secondary N) is 1. The van der Waals surface area contributed by atoms with Crippen LogP contribution in [0.3, 0.4) is 0 Å². The fourth-order valence-electron chi connectivity index (χ4n) is 3.04. The van der Waals surface area contributed by atoms with Gasteiger partial charge in [0.05, 0.1) is 12.3 Å². The number of nitrogens with zero attached hydrogens (tertiary/aromatic N) is 4. The number of rotatable bonds is 2. The van der Waals surface area contributed by atoms with Crippen LogP contribution in [-0.2, 0) is 0 Å². The standard InChI is InChI=1S/C21H21N5O2/c1-14-4-5-16(13-23-14)18-6-7-19-20(25-18)26(10-3-11-28-19)21(27)24-17-8-9-22-15(2)12-17/h4-9,12-13H,3,10-11H2,1-2H3,(H,22,24,27). The van der Waals surface area contributed by atoms with E-state index in [1.807, 2.05) is 44.2 Å². The van der Waals surface area contributed by atoms with Gasteiger partial charge in [0.25, 0.3) is 0 Å². The molecule has 0 saturated carbocycles. The fourth-order valence-corrected chi connectivity index (χ4v) is 3.04. The Morgan fingerprint density at radius 3 is 2.79 bits per heavy atom. The zero-order valence-electron chi connectivity index (χ0n) is 15.8. The van der Waals surface area contributed by atoms with Crippen LogP contribution in [0.15, 0.2) is 48.8 Å². The number of carbonyl (C=O) groups is 1. The van der Waals surface area contributed by atoms with Gasteiger partial charge < -0.3 is 10.1 Å². The molecule has 7 heteroatoms. The molecular formula is C21H21N5O2. The van der Waals surface area contributed by atoms with Crippen LogP contribution in [0, 0.1) is 13.8 Å². The molecule has 1 aliphatic heterocycles. The lowest BCUT2D eigenvalue weighted by Crippen LogP contribution is -2.36. The third kappa shape index (κ3) is 3.78. The number of amides is 2. The van der Waals surface area contributed by atoms with Crippen molar-refractivity contribution < 1.29 is 9.53 Å². The second-order valence-electron chi connectivity index (χ2n) is 6.68. The minimum Gasteiger partial charge on any atom is -0.490 e. The molecule has 0 unspecified atom stereocenters. The number of urea groups is 1. The highest BCUT2D eigenvalue weighted by molar-refractivity contribution is 6.02. The van der Waals surface area contributed by atoms with E-state index in [2.05, 4.69) is 15.3 Å². The first-order valence-corrected chi connectivity index (χ1v) is 9.18. The van der Waals surface area contributed by atoms with Gasteiger partial charge in [-0.15, -0.1) is 0 Å². The van der Waals surface area contributed by atoms with E-state index in [1.54, 1.807) is 23.4 Å². The summed E-state index contributed by atoms with van der Waals surface area (Å²) < 4.78 is 5.80. The zero-order valence-corrected chi connectivity index (χ0v) is 15.8. The summed E-state index contributed by atoms with van der Waals surface area (Å²) in [5, 5.41) is 2.93. The summed E-state index contributed by atoms with van der Waals surface area (Å²) in [6, 6.07) is 11.0. The van der Waals surface area contributed by atoms with Crippen LogP contribution in [0.1, 0.15) is 17.8 Å². The highest BCUT2D eigenvalue weighted by Gasteiger charge is 2.24. The molecule has 1 N–H and O–H groups in total. The van der Waals surface area contributed by atoms with E-state index in [1.165, 1.54) is 0 Å². The number of hydrogen-bond acceptors (Lipinski definition) is 5. The van der Waals surface area contributed by atoms with E-state index >= 15 is 0 Å². The van der Waals surface area contributed by atoms with E-state index in [4.69, 9.17) is 9.72 Å². The second kappa shape index (κ2) is 7.64. The number of pyridine rings is 3. The van der Waals surface area contributed by atoms with Gasteiger partial charge in [-0.2, -0.15) is 0 Å². The molecule has 0 radical (unpaired) electrons. The lowest BCUT2D eigenvalue weighted by atomic mass is 10.1. The van der Waals surface area contributed by atoms with Gasteiger partial charge >= 0.3 is 6.03 Å². The Kier molecular flexibility index (Phi) is 4.89. The van der Waals surface area contributed by atoms with E-state index in [-0.39, 0.29) is 6.03 Å².